The third kappa shape index (κ3) is 1.66. The molecule has 0 fully saturated rings. The van der Waals surface area contributed by atoms with E-state index in [0.717, 1.165) is 5.92 Å². The third-order valence-electron chi connectivity index (χ3n) is 1.72. The predicted molar refractivity (Wildman–Crippen MR) is 45.3 cm³/mol. The summed E-state index contributed by atoms with van der Waals surface area (Å²) < 4.78 is 0. The molecule has 1 aliphatic rings. The van der Waals surface area contributed by atoms with Crippen LogP contribution in [0.1, 0.15) is 20.3 Å². The molecule has 0 saturated heterocycles. The van der Waals surface area contributed by atoms with Gasteiger partial charge in [-0.15, -0.1) is 9.24 Å². The fraction of sp³-hybridized carbons (Fsp3) is 0.500. The summed E-state index contributed by atoms with van der Waals surface area (Å²) in [4.78, 5) is 0. The van der Waals surface area contributed by atoms with Crippen LogP contribution < -0.4 is 0 Å². The summed E-state index contributed by atoms with van der Waals surface area (Å²) >= 11 is 0. The maximum absolute atomic E-state index is 2.80. The maximum atomic E-state index is 2.80. The minimum atomic E-state index is 0.737. The van der Waals surface area contributed by atoms with Gasteiger partial charge in [-0.05, 0) is 30.1 Å². The summed E-state index contributed by atoms with van der Waals surface area (Å²) in [5, 5.41) is 1.46. The summed E-state index contributed by atoms with van der Waals surface area (Å²) in [5.74, 6) is 0.737. The Balaban J connectivity index is 2.75. The molecule has 0 nitrogen and oxygen atoms in total. The molecule has 0 aliphatic heterocycles. The maximum Gasteiger partial charge on any atom is -0.0216 e. The monoisotopic (exact) mass is 140 g/mol. The normalized spacial score (nSPS) is 27.2. The topological polar surface area (TPSA) is 0 Å². The number of hydrogen-bond acceptors (Lipinski definition) is 0. The standard InChI is InChI=1S/C8H13P/c1-6-3-4-7(2)8(9)5-6/h3-4,6H,5,9H2,1-2H3. The van der Waals surface area contributed by atoms with Gasteiger partial charge in [0.2, 0.25) is 0 Å². The fourth-order valence-electron chi connectivity index (χ4n) is 0.992. The highest BCUT2D eigenvalue weighted by Crippen LogP contribution is 2.27. The molecule has 50 valence electrons. The van der Waals surface area contributed by atoms with Crippen molar-refractivity contribution in [2.45, 2.75) is 20.3 Å². The smallest absolute Gasteiger partial charge is 0.0216 e. The Labute approximate surface area is 59.2 Å². The molecule has 1 aliphatic carbocycles. The van der Waals surface area contributed by atoms with Gasteiger partial charge in [-0.1, -0.05) is 19.1 Å². The Bertz CT molecular complexity index is 165. The molecule has 0 N–H and O–H groups in total. The molecule has 0 heterocycles. The molecule has 0 radical (unpaired) electrons. The van der Waals surface area contributed by atoms with Gasteiger partial charge < -0.3 is 0 Å². The van der Waals surface area contributed by atoms with E-state index in [1.165, 1.54) is 17.3 Å². The lowest BCUT2D eigenvalue weighted by Crippen LogP contribution is -1.95. The van der Waals surface area contributed by atoms with E-state index < -0.39 is 0 Å². The lowest BCUT2D eigenvalue weighted by molar-refractivity contribution is 0.723. The van der Waals surface area contributed by atoms with Crippen LogP contribution in [0.4, 0.5) is 0 Å². The van der Waals surface area contributed by atoms with Gasteiger partial charge in [0.1, 0.15) is 0 Å². The Morgan fingerprint density at radius 1 is 1.67 bits per heavy atom. The van der Waals surface area contributed by atoms with E-state index in [0.29, 0.717) is 0 Å². The molecule has 0 aromatic heterocycles. The lowest BCUT2D eigenvalue weighted by atomic mass is 9.99. The van der Waals surface area contributed by atoms with E-state index >= 15 is 0 Å². The Kier molecular flexibility index (Phi) is 2.08. The molecule has 1 heteroatoms. The average Bonchev–Trinajstić information content (AvgIpc) is 1.80. The molecule has 2 unspecified atom stereocenters. The zero-order chi connectivity index (χ0) is 6.85. The van der Waals surface area contributed by atoms with Crippen molar-refractivity contribution in [3.63, 3.8) is 0 Å². The SMILES string of the molecule is CC1=C(P)CC(C)C=C1. The van der Waals surface area contributed by atoms with Crippen molar-refractivity contribution in [3.05, 3.63) is 23.0 Å². The first kappa shape index (κ1) is 7.02. The lowest BCUT2D eigenvalue weighted by Gasteiger charge is -2.13. The summed E-state index contributed by atoms with van der Waals surface area (Å²) in [5.41, 5.74) is 1.41. The third-order valence-corrected chi connectivity index (χ3v) is 2.41. The average molecular weight is 140 g/mol. The second-order valence-corrected chi connectivity index (χ2v) is 3.45. The molecule has 0 aromatic carbocycles. The molecule has 9 heavy (non-hydrogen) atoms. The summed E-state index contributed by atoms with van der Waals surface area (Å²) in [6, 6.07) is 0. The van der Waals surface area contributed by atoms with E-state index in [9.17, 15) is 0 Å². The number of allylic oxidation sites excluding steroid dienone is 4. The fourth-order valence-corrected chi connectivity index (χ4v) is 1.46. The summed E-state index contributed by atoms with van der Waals surface area (Å²) in [6.45, 7) is 4.40. The van der Waals surface area contributed by atoms with E-state index in [1.807, 2.05) is 0 Å². The van der Waals surface area contributed by atoms with E-state index in [1.54, 1.807) is 0 Å². The van der Waals surface area contributed by atoms with Crippen LogP contribution in [-0.4, -0.2) is 0 Å². The molecule has 0 saturated carbocycles. The molecular weight excluding hydrogens is 127 g/mol. The van der Waals surface area contributed by atoms with Gasteiger partial charge in [0.05, 0.1) is 0 Å². The van der Waals surface area contributed by atoms with Crippen LogP contribution in [0.3, 0.4) is 0 Å². The van der Waals surface area contributed by atoms with Crippen LogP contribution in [-0.2, 0) is 0 Å². The Morgan fingerprint density at radius 3 is 2.78 bits per heavy atom. The first-order chi connectivity index (χ1) is 4.20. The van der Waals surface area contributed by atoms with Crippen LogP contribution in [0.2, 0.25) is 0 Å². The Hall–Kier alpha value is -0.0900. The van der Waals surface area contributed by atoms with Gasteiger partial charge in [0.25, 0.3) is 0 Å². The van der Waals surface area contributed by atoms with E-state index in [2.05, 4.69) is 35.2 Å². The first-order valence-electron chi connectivity index (χ1n) is 3.33. The highest BCUT2D eigenvalue weighted by atomic mass is 31.0. The van der Waals surface area contributed by atoms with Crippen molar-refractivity contribution in [2.75, 3.05) is 0 Å². The van der Waals surface area contributed by atoms with Crippen molar-refractivity contribution in [2.24, 2.45) is 5.92 Å². The zero-order valence-corrected chi connectivity index (χ0v) is 7.17. The van der Waals surface area contributed by atoms with Crippen LogP contribution in [0.15, 0.2) is 23.0 Å². The number of rotatable bonds is 0. The number of hydrogen-bond donors (Lipinski definition) is 0. The summed E-state index contributed by atoms with van der Waals surface area (Å²) in [6.07, 6.45) is 5.69. The van der Waals surface area contributed by atoms with Crippen molar-refractivity contribution >= 4 is 9.24 Å². The molecule has 0 aromatic rings. The molecule has 0 bridgehead atoms. The van der Waals surface area contributed by atoms with Crippen LogP contribution in [0, 0.1) is 5.92 Å². The molecule has 2 atom stereocenters. The molecule has 0 amide bonds. The van der Waals surface area contributed by atoms with E-state index in [-0.39, 0.29) is 0 Å². The highest BCUT2D eigenvalue weighted by molar-refractivity contribution is 7.22. The second-order valence-electron chi connectivity index (χ2n) is 2.75. The minimum Gasteiger partial charge on any atom is -0.110 e. The van der Waals surface area contributed by atoms with Crippen molar-refractivity contribution in [1.82, 2.24) is 0 Å². The van der Waals surface area contributed by atoms with Gasteiger partial charge in [-0.25, -0.2) is 0 Å². The second kappa shape index (κ2) is 2.66. The van der Waals surface area contributed by atoms with Gasteiger partial charge >= 0.3 is 0 Å². The highest BCUT2D eigenvalue weighted by Gasteiger charge is 2.05. The molecular formula is C8H13P. The van der Waals surface area contributed by atoms with Crippen LogP contribution in [0.25, 0.3) is 0 Å². The van der Waals surface area contributed by atoms with Crippen molar-refractivity contribution in [1.29, 1.82) is 0 Å². The van der Waals surface area contributed by atoms with Crippen LogP contribution >= 0.6 is 9.24 Å². The van der Waals surface area contributed by atoms with Crippen molar-refractivity contribution < 1.29 is 0 Å². The molecule has 1 rings (SSSR count). The van der Waals surface area contributed by atoms with Gasteiger partial charge in [0, 0.05) is 0 Å². The van der Waals surface area contributed by atoms with Crippen molar-refractivity contribution in [3.8, 4) is 0 Å². The Morgan fingerprint density at radius 2 is 2.33 bits per heavy atom. The van der Waals surface area contributed by atoms with Gasteiger partial charge in [-0.2, -0.15) is 0 Å². The predicted octanol–water partition coefficient (Wildman–Crippen LogP) is 2.73. The largest absolute Gasteiger partial charge is 0.110 e. The molecule has 0 spiro atoms. The zero-order valence-electron chi connectivity index (χ0n) is 6.02. The van der Waals surface area contributed by atoms with E-state index in [4.69, 9.17) is 0 Å². The van der Waals surface area contributed by atoms with Gasteiger partial charge in [-0.3, -0.25) is 0 Å². The minimum absolute atomic E-state index is 0.737. The first-order valence-corrected chi connectivity index (χ1v) is 3.91. The quantitative estimate of drug-likeness (QED) is 0.454. The van der Waals surface area contributed by atoms with Crippen LogP contribution in [0.5, 0.6) is 0 Å². The van der Waals surface area contributed by atoms with Gasteiger partial charge in [0.15, 0.2) is 0 Å². The summed E-state index contributed by atoms with van der Waals surface area (Å²) in [7, 11) is 2.80.